The molecule has 0 spiro atoms. The number of benzene rings is 1. The van der Waals surface area contributed by atoms with E-state index in [-0.39, 0.29) is 24.8 Å². The van der Waals surface area contributed by atoms with Crippen LogP contribution in [-0.4, -0.2) is 30.3 Å². The number of hydrogen-bond acceptors (Lipinski definition) is 4. The summed E-state index contributed by atoms with van der Waals surface area (Å²) < 4.78 is 11.1. The van der Waals surface area contributed by atoms with Gasteiger partial charge in [0.25, 0.3) is 5.91 Å². The Hall–Kier alpha value is -1.79. The highest BCUT2D eigenvalue weighted by atomic mass is 79.9. The Morgan fingerprint density at radius 2 is 2.14 bits per heavy atom. The highest BCUT2D eigenvalue weighted by Crippen LogP contribution is 2.16. The third-order valence-electron chi connectivity index (χ3n) is 2.82. The molecule has 2 aromatic rings. The number of ether oxygens (including phenoxy) is 1. The normalized spacial score (nSPS) is 12.0. The summed E-state index contributed by atoms with van der Waals surface area (Å²) >= 11 is 3.12. The SMILES string of the molecule is Cc1ccccc1OCC(O)CNC(=O)c1ccc(Br)o1. The van der Waals surface area contributed by atoms with Gasteiger partial charge in [0.15, 0.2) is 10.4 Å². The van der Waals surface area contributed by atoms with Crippen LogP contribution in [-0.2, 0) is 0 Å². The van der Waals surface area contributed by atoms with Crippen LogP contribution in [0, 0.1) is 6.92 Å². The molecule has 0 saturated heterocycles. The molecule has 0 radical (unpaired) electrons. The van der Waals surface area contributed by atoms with E-state index in [1.54, 1.807) is 12.1 Å². The molecule has 6 heteroatoms. The van der Waals surface area contributed by atoms with Gasteiger partial charge in [-0.25, -0.2) is 0 Å². The van der Waals surface area contributed by atoms with Gasteiger partial charge in [0.05, 0.1) is 0 Å². The number of nitrogens with one attached hydrogen (secondary N) is 1. The van der Waals surface area contributed by atoms with E-state index in [9.17, 15) is 9.90 Å². The highest BCUT2D eigenvalue weighted by molar-refractivity contribution is 9.10. The van der Waals surface area contributed by atoms with Crippen molar-refractivity contribution in [1.82, 2.24) is 5.32 Å². The molecule has 1 heterocycles. The first-order valence-electron chi connectivity index (χ1n) is 6.46. The molecule has 5 nitrogen and oxygen atoms in total. The Labute approximate surface area is 131 Å². The first kappa shape index (κ1) is 15.6. The summed E-state index contributed by atoms with van der Waals surface area (Å²) in [4.78, 5) is 11.7. The smallest absolute Gasteiger partial charge is 0.287 e. The quantitative estimate of drug-likeness (QED) is 0.836. The van der Waals surface area contributed by atoms with Gasteiger partial charge >= 0.3 is 0 Å². The number of halogens is 1. The Kier molecular flexibility index (Phi) is 5.41. The molecular weight excluding hydrogens is 338 g/mol. The van der Waals surface area contributed by atoms with Crippen LogP contribution in [0.2, 0.25) is 0 Å². The number of furan rings is 1. The standard InChI is InChI=1S/C15H16BrNO4/c1-10-4-2-3-5-12(10)20-9-11(18)8-17-15(19)13-6-7-14(16)21-13/h2-7,11,18H,8-9H2,1H3,(H,17,19). The lowest BCUT2D eigenvalue weighted by Crippen LogP contribution is -2.35. The fourth-order valence-electron chi connectivity index (χ4n) is 1.70. The summed E-state index contributed by atoms with van der Waals surface area (Å²) in [6, 6.07) is 10.7. The minimum Gasteiger partial charge on any atom is -0.491 e. The van der Waals surface area contributed by atoms with Crippen molar-refractivity contribution in [1.29, 1.82) is 0 Å². The van der Waals surface area contributed by atoms with Crippen molar-refractivity contribution in [2.24, 2.45) is 0 Å². The molecule has 1 aromatic carbocycles. The fraction of sp³-hybridized carbons (Fsp3) is 0.267. The summed E-state index contributed by atoms with van der Waals surface area (Å²) in [5.74, 6) is 0.530. The summed E-state index contributed by atoms with van der Waals surface area (Å²) in [6.45, 7) is 2.12. The Morgan fingerprint density at radius 3 is 2.81 bits per heavy atom. The van der Waals surface area contributed by atoms with Crippen LogP contribution in [0.3, 0.4) is 0 Å². The number of rotatable bonds is 6. The molecule has 2 N–H and O–H groups in total. The van der Waals surface area contributed by atoms with Gasteiger partial charge in [-0.2, -0.15) is 0 Å². The monoisotopic (exact) mass is 353 g/mol. The second kappa shape index (κ2) is 7.28. The summed E-state index contributed by atoms with van der Waals surface area (Å²) in [5, 5.41) is 12.4. The molecule has 112 valence electrons. The summed E-state index contributed by atoms with van der Waals surface area (Å²) in [7, 11) is 0. The molecule has 2 rings (SSSR count). The largest absolute Gasteiger partial charge is 0.491 e. The van der Waals surface area contributed by atoms with Crippen molar-refractivity contribution in [3.8, 4) is 5.75 Å². The minimum absolute atomic E-state index is 0.0863. The Morgan fingerprint density at radius 1 is 1.38 bits per heavy atom. The predicted octanol–water partition coefficient (Wildman–Crippen LogP) is 2.52. The topological polar surface area (TPSA) is 71.7 Å². The summed E-state index contributed by atoms with van der Waals surface area (Å²) in [5.41, 5.74) is 0.995. The molecule has 1 atom stereocenters. The van der Waals surface area contributed by atoms with Crippen molar-refractivity contribution >= 4 is 21.8 Å². The zero-order valence-electron chi connectivity index (χ0n) is 11.5. The van der Waals surface area contributed by atoms with E-state index in [4.69, 9.17) is 9.15 Å². The van der Waals surface area contributed by atoms with E-state index in [1.807, 2.05) is 31.2 Å². The van der Waals surface area contributed by atoms with Crippen LogP contribution in [0.5, 0.6) is 5.75 Å². The molecule has 1 amide bonds. The van der Waals surface area contributed by atoms with Crippen molar-refractivity contribution in [2.75, 3.05) is 13.2 Å². The number of hydrogen-bond donors (Lipinski definition) is 2. The van der Waals surface area contributed by atoms with Crippen LogP contribution < -0.4 is 10.1 Å². The van der Waals surface area contributed by atoms with Gasteiger partial charge in [0, 0.05) is 6.54 Å². The lowest BCUT2D eigenvalue weighted by Gasteiger charge is -2.14. The first-order valence-corrected chi connectivity index (χ1v) is 7.25. The number of para-hydroxylation sites is 1. The number of aliphatic hydroxyl groups excluding tert-OH is 1. The van der Waals surface area contributed by atoms with Crippen LogP contribution >= 0.6 is 15.9 Å². The molecule has 0 bridgehead atoms. The average molecular weight is 354 g/mol. The third kappa shape index (κ3) is 4.61. The predicted molar refractivity (Wildman–Crippen MR) is 81.4 cm³/mol. The number of carbonyl (C=O) groups is 1. The lowest BCUT2D eigenvalue weighted by atomic mass is 10.2. The zero-order valence-corrected chi connectivity index (χ0v) is 13.1. The van der Waals surface area contributed by atoms with Gasteiger partial charge in [0.1, 0.15) is 18.5 Å². The maximum atomic E-state index is 11.7. The Balaban J connectivity index is 1.76. The van der Waals surface area contributed by atoms with Gasteiger partial charge in [-0.15, -0.1) is 0 Å². The molecule has 1 unspecified atom stereocenters. The van der Waals surface area contributed by atoms with Gasteiger partial charge in [0.2, 0.25) is 0 Å². The van der Waals surface area contributed by atoms with E-state index in [2.05, 4.69) is 21.2 Å². The molecule has 0 aliphatic heterocycles. The number of amides is 1. The van der Waals surface area contributed by atoms with Gasteiger partial charge in [-0.05, 0) is 46.6 Å². The highest BCUT2D eigenvalue weighted by Gasteiger charge is 2.13. The second-order valence-corrected chi connectivity index (χ2v) is 5.33. The Bertz CT molecular complexity index is 611. The van der Waals surface area contributed by atoms with Crippen LogP contribution in [0.25, 0.3) is 0 Å². The molecule has 1 aromatic heterocycles. The van der Waals surface area contributed by atoms with E-state index >= 15 is 0 Å². The number of aliphatic hydroxyl groups is 1. The summed E-state index contributed by atoms with van der Waals surface area (Å²) in [6.07, 6.45) is -0.799. The van der Waals surface area contributed by atoms with E-state index < -0.39 is 6.10 Å². The molecule has 0 aliphatic rings. The van der Waals surface area contributed by atoms with Crippen molar-refractivity contribution in [3.05, 3.63) is 52.4 Å². The molecule has 21 heavy (non-hydrogen) atoms. The average Bonchev–Trinajstić information content (AvgIpc) is 2.90. The molecule has 0 aliphatic carbocycles. The molecule has 0 saturated carbocycles. The number of carbonyl (C=O) groups excluding carboxylic acids is 1. The van der Waals surface area contributed by atoms with Crippen LogP contribution in [0.4, 0.5) is 0 Å². The number of aryl methyl sites for hydroxylation is 1. The van der Waals surface area contributed by atoms with Gasteiger partial charge < -0.3 is 19.6 Å². The van der Waals surface area contributed by atoms with E-state index in [1.165, 1.54) is 0 Å². The van der Waals surface area contributed by atoms with Crippen molar-refractivity contribution in [3.63, 3.8) is 0 Å². The third-order valence-corrected chi connectivity index (χ3v) is 3.25. The first-order chi connectivity index (χ1) is 10.1. The fourth-order valence-corrected chi connectivity index (χ4v) is 2.00. The minimum atomic E-state index is -0.799. The van der Waals surface area contributed by atoms with E-state index in [0.717, 1.165) is 11.3 Å². The van der Waals surface area contributed by atoms with Gasteiger partial charge in [-0.1, -0.05) is 18.2 Å². The second-order valence-electron chi connectivity index (χ2n) is 4.54. The maximum absolute atomic E-state index is 11.7. The maximum Gasteiger partial charge on any atom is 0.287 e. The lowest BCUT2D eigenvalue weighted by molar-refractivity contribution is 0.0820. The van der Waals surface area contributed by atoms with E-state index in [0.29, 0.717) is 4.67 Å². The zero-order chi connectivity index (χ0) is 15.2. The molecule has 0 fully saturated rings. The molecular formula is C15H16BrNO4. The van der Waals surface area contributed by atoms with Crippen molar-refractivity contribution < 1.29 is 19.1 Å². The van der Waals surface area contributed by atoms with Crippen LogP contribution in [0.1, 0.15) is 16.1 Å². The van der Waals surface area contributed by atoms with Crippen molar-refractivity contribution in [2.45, 2.75) is 13.0 Å². The van der Waals surface area contributed by atoms with Gasteiger partial charge in [-0.3, -0.25) is 4.79 Å². The van der Waals surface area contributed by atoms with Crippen LogP contribution in [0.15, 0.2) is 45.5 Å².